The highest BCUT2D eigenvalue weighted by atomic mass is 32.2. The molecule has 0 aromatic carbocycles. The van der Waals surface area contributed by atoms with E-state index in [1.807, 2.05) is 0 Å². The summed E-state index contributed by atoms with van der Waals surface area (Å²) < 4.78 is 0.708. The van der Waals surface area contributed by atoms with Gasteiger partial charge in [-0.3, -0.25) is 4.79 Å². The minimum Gasteiger partial charge on any atom is -0.481 e. The monoisotopic (exact) mass is 247 g/mol. The van der Waals surface area contributed by atoms with E-state index in [-0.39, 0.29) is 5.75 Å². The van der Waals surface area contributed by atoms with Crippen LogP contribution in [-0.2, 0) is 4.79 Å². The van der Waals surface area contributed by atoms with Crippen molar-refractivity contribution < 1.29 is 9.90 Å². The van der Waals surface area contributed by atoms with Crippen LogP contribution in [0.1, 0.15) is 13.8 Å². The van der Waals surface area contributed by atoms with Crippen molar-refractivity contribution in [1.29, 1.82) is 0 Å². The van der Waals surface area contributed by atoms with Gasteiger partial charge < -0.3 is 10.0 Å². The number of carboxylic acid groups (broad SMARTS) is 1. The summed E-state index contributed by atoms with van der Waals surface area (Å²) in [6.07, 6.45) is 0. The minimum atomic E-state index is -0.834. The van der Waals surface area contributed by atoms with Crippen LogP contribution in [0.4, 0.5) is 5.13 Å². The fraction of sp³-hybridized carbons (Fsp3) is 0.625. The number of aliphatic carboxylic acids is 1. The van der Waals surface area contributed by atoms with E-state index in [1.54, 1.807) is 0 Å². The molecule has 0 bridgehead atoms. The molecule has 0 aliphatic carbocycles. The molecule has 0 unspecified atom stereocenters. The van der Waals surface area contributed by atoms with Gasteiger partial charge in [0.25, 0.3) is 0 Å². The van der Waals surface area contributed by atoms with E-state index in [2.05, 4.69) is 28.9 Å². The Hall–Kier alpha value is -0.820. The van der Waals surface area contributed by atoms with Crippen molar-refractivity contribution in [3.8, 4) is 0 Å². The fourth-order valence-electron chi connectivity index (χ4n) is 1.01. The number of hydrogen-bond donors (Lipinski definition) is 1. The number of nitrogens with zero attached hydrogens (tertiary/aromatic N) is 3. The quantitative estimate of drug-likeness (QED) is 0.770. The van der Waals surface area contributed by atoms with Crippen molar-refractivity contribution in [3.05, 3.63) is 0 Å². The molecule has 0 fully saturated rings. The SMILES string of the molecule is CCN(CC)c1nnc(SCC(=O)O)s1. The first-order valence-corrected chi connectivity index (χ1v) is 6.40. The Balaban J connectivity index is 2.59. The van der Waals surface area contributed by atoms with Crippen molar-refractivity contribution in [2.75, 3.05) is 23.7 Å². The Morgan fingerprint density at radius 3 is 2.67 bits per heavy atom. The number of aromatic nitrogens is 2. The highest BCUT2D eigenvalue weighted by molar-refractivity contribution is 8.01. The summed E-state index contributed by atoms with van der Waals surface area (Å²) >= 11 is 2.64. The second kappa shape index (κ2) is 5.92. The summed E-state index contributed by atoms with van der Waals surface area (Å²) in [5, 5.41) is 17.3. The van der Waals surface area contributed by atoms with Crippen LogP contribution < -0.4 is 4.90 Å². The molecule has 0 aliphatic rings. The van der Waals surface area contributed by atoms with Gasteiger partial charge in [0.2, 0.25) is 5.13 Å². The molecule has 0 aliphatic heterocycles. The first-order valence-electron chi connectivity index (χ1n) is 4.60. The van der Waals surface area contributed by atoms with Gasteiger partial charge in [0.05, 0.1) is 5.75 Å². The Kier molecular flexibility index (Phi) is 4.83. The molecular weight excluding hydrogens is 234 g/mol. The molecule has 0 spiro atoms. The van der Waals surface area contributed by atoms with E-state index in [0.717, 1.165) is 18.2 Å². The van der Waals surface area contributed by atoms with Crippen LogP contribution in [0.2, 0.25) is 0 Å². The van der Waals surface area contributed by atoms with Crippen molar-refractivity contribution in [3.63, 3.8) is 0 Å². The largest absolute Gasteiger partial charge is 0.481 e. The van der Waals surface area contributed by atoms with E-state index < -0.39 is 5.97 Å². The molecule has 0 saturated carbocycles. The van der Waals surface area contributed by atoms with Crippen LogP contribution >= 0.6 is 23.1 Å². The van der Waals surface area contributed by atoms with Gasteiger partial charge in [-0.05, 0) is 13.8 Å². The number of carbonyl (C=O) groups is 1. The van der Waals surface area contributed by atoms with Crippen molar-refractivity contribution in [1.82, 2.24) is 10.2 Å². The first kappa shape index (κ1) is 12.3. The molecule has 0 radical (unpaired) electrons. The molecule has 1 aromatic rings. The summed E-state index contributed by atoms with van der Waals surface area (Å²) in [7, 11) is 0. The average molecular weight is 247 g/mol. The Morgan fingerprint density at radius 1 is 1.47 bits per heavy atom. The van der Waals surface area contributed by atoms with Gasteiger partial charge >= 0.3 is 5.97 Å². The fourth-order valence-corrected chi connectivity index (χ4v) is 2.69. The van der Waals surface area contributed by atoms with Gasteiger partial charge in [-0.15, -0.1) is 10.2 Å². The van der Waals surface area contributed by atoms with Crippen LogP contribution in [-0.4, -0.2) is 40.1 Å². The van der Waals surface area contributed by atoms with Gasteiger partial charge in [-0.2, -0.15) is 0 Å². The predicted octanol–water partition coefficient (Wildman–Crippen LogP) is 1.56. The molecule has 1 heterocycles. The zero-order chi connectivity index (χ0) is 11.3. The topological polar surface area (TPSA) is 66.3 Å². The normalized spacial score (nSPS) is 10.3. The number of anilines is 1. The number of thioether (sulfide) groups is 1. The van der Waals surface area contributed by atoms with E-state index in [0.29, 0.717) is 4.34 Å². The first-order chi connectivity index (χ1) is 7.17. The van der Waals surface area contributed by atoms with Gasteiger partial charge in [0, 0.05) is 13.1 Å². The summed E-state index contributed by atoms with van der Waals surface area (Å²) in [6, 6.07) is 0. The zero-order valence-electron chi connectivity index (χ0n) is 8.63. The summed E-state index contributed by atoms with van der Waals surface area (Å²) in [6.45, 7) is 5.87. The Labute approximate surface area is 96.5 Å². The Bertz CT molecular complexity index is 325. The molecular formula is C8H13N3O2S2. The standard InChI is InChI=1S/C8H13N3O2S2/c1-3-11(4-2)7-9-10-8(15-7)14-5-6(12)13/h3-5H2,1-2H3,(H,12,13). The summed E-state index contributed by atoms with van der Waals surface area (Å²) in [4.78, 5) is 12.4. The van der Waals surface area contributed by atoms with Crippen LogP contribution in [0.15, 0.2) is 4.34 Å². The molecule has 5 nitrogen and oxygen atoms in total. The van der Waals surface area contributed by atoms with Gasteiger partial charge in [-0.25, -0.2) is 0 Å². The summed E-state index contributed by atoms with van der Waals surface area (Å²) in [5.41, 5.74) is 0. The lowest BCUT2D eigenvalue weighted by Crippen LogP contribution is -2.21. The van der Waals surface area contributed by atoms with Crippen molar-refractivity contribution in [2.24, 2.45) is 0 Å². The van der Waals surface area contributed by atoms with Crippen LogP contribution in [0.25, 0.3) is 0 Å². The summed E-state index contributed by atoms with van der Waals surface area (Å²) in [5.74, 6) is -0.799. The lowest BCUT2D eigenvalue weighted by molar-refractivity contribution is -0.133. The van der Waals surface area contributed by atoms with Gasteiger partial charge in [-0.1, -0.05) is 23.1 Å². The van der Waals surface area contributed by atoms with E-state index in [9.17, 15) is 4.79 Å². The van der Waals surface area contributed by atoms with Crippen molar-refractivity contribution in [2.45, 2.75) is 18.2 Å². The maximum atomic E-state index is 10.4. The molecule has 0 amide bonds. The van der Waals surface area contributed by atoms with E-state index in [1.165, 1.54) is 23.1 Å². The highest BCUT2D eigenvalue weighted by Gasteiger charge is 2.10. The third-order valence-electron chi connectivity index (χ3n) is 1.75. The number of carboxylic acids is 1. The van der Waals surface area contributed by atoms with Gasteiger partial charge in [0.15, 0.2) is 4.34 Å². The molecule has 0 atom stereocenters. The molecule has 1 N–H and O–H groups in total. The van der Waals surface area contributed by atoms with Crippen LogP contribution in [0.3, 0.4) is 0 Å². The molecule has 1 rings (SSSR count). The average Bonchev–Trinajstić information content (AvgIpc) is 2.65. The highest BCUT2D eigenvalue weighted by Crippen LogP contribution is 2.27. The number of hydrogen-bond acceptors (Lipinski definition) is 6. The lowest BCUT2D eigenvalue weighted by atomic mass is 10.6. The minimum absolute atomic E-state index is 0.0346. The third-order valence-corrected chi connectivity index (χ3v) is 3.85. The smallest absolute Gasteiger partial charge is 0.313 e. The number of rotatable bonds is 6. The Morgan fingerprint density at radius 2 is 2.13 bits per heavy atom. The second-order valence-corrected chi connectivity index (χ2v) is 4.88. The molecule has 1 aromatic heterocycles. The van der Waals surface area contributed by atoms with Crippen LogP contribution in [0, 0.1) is 0 Å². The molecule has 15 heavy (non-hydrogen) atoms. The third kappa shape index (κ3) is 3.67. The van der Waals surface area contributed by atoms with Crippen LogP contribution in [0.5, 0.6) is 0 Å². The molecule has 84 valence electrons. The predicted molar refractivity (Wildman–Crippen MR) is 61.8 cm³/mol. The van der Waals surface area contributed by atoms with E-state index in [4.69, 9.17) is 5.11 Å². The molecule has 7 heteroatoms. The maximum absolute atomic E-state index is 10.4. The van der Waals surface area contributed by atoms with E-state index >= 15 is 0 Å². The second-order valence-electron chi connectivity index (χ2n) is 2.71. The lowest BCUT2D eigenvalue weighted by Gasteiger charge is -2.15. The zero-order valence-corrected chi connectivity index (χ0v) is 10.3. The van der Waals surface area contributed by atoms with Crippen molar-refractivity contribution >= 4 is 34.2 Å². The van der Waals surface area contributed by atoms with Gasteiger partial charge in [0.1, 0.15) is 0 Å². The molecule has 0 saturated heterocycles. The maximum Gasteiger partial charge on any atom is 0.313 e.